The van der Waals surface area contributed by atoms with Gasteiger partial charge >= 0.3 is 5.97 Å². The molecule has 2 aromatic rings. The van der Waals surface area contributed by atoms with Crippen molar-refractivity contribution in [2.75, 3.05) is 20.2 Å². The molecular weight excluding hydrogens is 340 g/mol. The lowest BCUT2D eigenvalue weighted by atomic mass is 9.68. The Balaban J connectivity index is 1.78. The predicted molar refractivity (Wildman–Crippen MR) is 104 cm³/mol. The molecule has 5 nitrogen and oxygen atoms in total. The van der Waals surface area contributed by atoms with Crippen LogP contribution in [0.4, 0.5) is 0 Å². The normalized spacial score (nSPS) is 34.7. The molecule has 1 aromatic carbocycles. The minimum atomic E-state index is -0.623. The lowest BCUT2D eigenvalue weighted by Gasteiger charge is -2.47. The van der Waals surface area contributed by atoms with Crippen molar-refractivity contribution in [3.05, 3.63) is 29.5 Å². The number of aromatic nitrogens is 1. The first-order valence-electron chi connectivity index (χ1n) is 10.2. The summed E-state index contributed by atoms with van der Waals surface area (Å²) in [6.07, 6.45) is 5.20. The first kappa shape index (κ1) is 17.1. The largest absolute Gasteiger partial charge is 0.508 e. The Kier molecular flexibility index (Phi) is 3.80. The number of phenolic OH excluding ortho intramolecular Hbond substituents is 1. The molecule has 0 radical (unpaired) electrons. The second-order valence-electron chi connectivity index (χ2n) is 8.75. The van der Waals surface area contributed by atoms with Crippen LogP contribution in [-0.2, 0) is 21.4 Å². The summed E-state index contributed by atoms with van der Waals surface area (Å²) >= 11 is 0. The molecule has 1 aromatic heterocycles. The maximum Gasteiger partial charge on any atom is 0.319 e. The average Bonchev–Trinajstić information content (AvgIpc) is 2.78. The third-order valence-corrected chi connectivity index (χ3v) is 7.45. The fourth-order valence-corrected chi connectivity index (χ4v) is 6.30. The van der Waals surface area contributed by atoms with Crippen LogP contribution >= 0.6 is 0 Å². The van der Waals surface area contributed by atoms with Crippen LogP contribution in [0.2, 0.25) is 0 Å². The van der Waals surface area contributed by atoms with Gasteiger partial charge in [0.15, 0.2) is 0 Å². The van der Waals surface area contributed by atoms with Gasteiger partial charge in [0.25, 0.3) is 0 Å². The molecule has 4 heterocycles. The van der Waals surface area contributed by atoms with E-state index in [-0.39, 0.29) is 17.8 Å². The number of nitrogens with one attached hydrogen (secondary N) is 1. The number of benzene rings is 1. The average molecular weight is 368 g/mol. The second kappa shape index (κ2) is 5.99. The molecule has 27 heavy (non-hydrogen) atoms. The van der Waals surface area contributed by atoms with Crippen molar-refractivity contribution >= 4 is 16.9 Å². The highest BCUT2D eigenvalue weighted by atomic mass is 16.5. The lowest BCUT2D eigenvalue weighted by molar-refractivity contribution is -0.154. The van der Waals surface area contributed by atoms with E-state index in [2.05, 4.69) is 16.8 Å². The smallest absolute Gasteiger partial charge is 0.319 e. The number of carbonyl (C=O) groups excluding carboxylic acids is 1. The highest BCUT2D eigenvalue weighted by Gasteiger charge is 2.59. The first-order valence-corrected chi connectivity index (χ1v) is 10.2. The van der Waals surface area contributed by atoms with Crippen LogP contribution < -0.4 is 0 Å². The molecule has 3 aliphatic heterocycles. The van der Waals surface area contributed by atoms with Gasteiger partial charge in [0.2, 0.25) is 0 Å². The SMILES string of the molecule is CCC1CC2CN3CCc4c([nH]c5ccc(O)cc45)C(C(=O)OC)(C2)C3C1. The zero-order chi connectivity index (χ0) is 18.8. The Morgan fingerprint density at radius 1 is 1.41 bits per heavy atom. The molecular formula is C22H28N2O3. The molecule has 5 atom stereocenters. The number of methoxy groups -OCH3 is 1. The van der Waals surface area contributed by atoms with E-state index in [1.54, 1.807) is 6.07 Å². The van der Waals surface area contributed by atoms with E-state index in [0.717, 1.165) is 48.9 Å². The quantitative estimate of drug-likeness (QED) is 0.798. The van der Waals surface area contributed by atoms with Crippen molar-refractivity contribution in [1.82, 2.24) is 9.88 Å². The summed E-state index contributed by atoms with van der Waals surface area (Å²) in [5, 5.41) is 11.1. The molecule has 5 heteroatoms. The van der Waals surface area contributed by atoms with E-state index < -0.39 is 5.41 Å². The summed E-state index contributed by atoms with van der Waals surface area (Å²) in [5.74, 6) is 1.37. The van der Waals surface area contributed by atoms with Gasteiger partial charge < -0.3 is 14.8 Å². The van der Waals surface area contributed by atoms with Crippen molar-refractivity contribution in [1.29, 1.82) is 0 Å². The van der Waals surface area contributed by atoms with Gasteiger partial charge in [0.1, 0.15) is 11.2 Å². The fourth-order valence-electron chi connectivity index (χ4n) is 6.30. The van der Waals surface area contributed by atoms with Gasteiger partial charge in [-0.25, -0.2) is 0 Å². The summed E-state index contributed by atoms with van der Waals surface area (Å²) in [6, 6.07) is 5.66. The zero-order valence-electron chi connectivity index (χ0n) is 16.1. The Hall–Kier alpha value is -2.01. The van der Waals surface area contributed by atoms with Gasteiger partial charge in [0.05, 0.1) is 7.11 Å². The summed E-state index contributed by atoms with van der Waals surface area (Å²) in [7, 11) is 1.52. The molecule has 1 saturated carbocycles. The van der Waals surface area contributed by atoms with Crippen molar-refractivity contribution in [2.24, 2.45) is 11.8 Å². The van der Waals surface area contributed by atoms with Gasteiger partial charge in [0, 0.05) is 35.7 Å². The predicted octanol–water partition coefficient (Wildman–Crippen LogP) is 3.35. The number of hydrogen-bond acceptors (Lipinski definition) is 4. The third kappa shape index (κ3) is 2.30. The van der Waals surface area contributed by atoms with E-state index >= 15 is 0 Å². The van der Waals surface area contributed by atoms with Crippen LogP contribution in [0, 0.1) is 11.8 Å². The highest BCUT2D eigenvalue weighted by Crippen LogP contribution is 2.53. The number of aromatic amines is 1. The summed E-state index contributed by atoms with van der Waals surface area (Å²) in [6.45, 7) is 4.33. The highest BCUT2D eigenvalue weighted by molar-refractivity contribution is 5.92. The monoisotopic (exact) mass is 368 g/mol. The number of aromatic hydroxyl groups is 1. The Labute approximate surface area is 159 Å². The minimum absolute atomic E-state index is 0.0992. The summed E-state index contributed by atoms with van der Waals surface area (Å²) in [5.41, 5.74) is 2.61. The topological polar surface area (TPSA) is 65.6 Å². The van der Waals surface area contributed by atoms with Crippen LogP contribution in [0.1, 0.15) is 43.9 Å². The number of nitrogens with zero attached hydrogens (tertiary/aromatic N) is 1. The van der Waals surface area contributed by atoms with Gasteiger partial charge in [-0.15, -0.1) is 0 Å². The first-order chi connectivity index (χ1) is 13.1. The van der Waals surface area contributed by atoms with Crippen molar-refractivity contribution in [2.45, 2.75) is 50.5 Å². The number of phenols is 1. The Morgan fingerprint density at radius 3 is 3.04 bits per heavy atom. The van der Waals surface area contributed by atoms with Crippen LogP contribution in [0.3, 0.4) is 0 Å². The van der Waals surface area contributed by atoms with Gasteiger partial charge in [-0.3, -0.25) is 9.69 Å². The van der Waals surface area contributed by atoms with Crippen LogP contribution in [-0.4, -0.2) is 47.2 Å². The van der Waals surface area contributed by atoms with Gasteiger partial charge in [-0.05, 0) is 61.3 Å². The van der Waals surface area contributed by atoms with Crippen molar-refractivity contribution in [3.8, 4) is 5.75 Å². The molecule has 0 amide bonds. The Morgan fingerprint density at radius 2 is 2.26 bits per heavy atom. The van der Waals surface area contributed by atoms with E-state index in [1.165, 1.54) is 25.5 Å². The molecule has 4 bridgehead atoms. The molecule has 4 aliphatic rings. The molecule has 5 unspecified atom stereocenters. The zero-order valence-corrected chi connectivity index (χ0v) is 16.1. The molecule has 6 rings (SSSR count). The van der Waals surface area contributed by atoms with E-state index in [0.29, 0.717) is 11.8 Å². The number of rotatable bonds is 2. The van der Waals surface area contributed by atoms with Crippen molar-refractivity contribution in [3.63, 3.8) is 0 Å². The molecule has 3 fully saturated rings. The maximum atomic E-state index is 13.4. The van der Waals surface area contributed by atoms with Gasteiger partial charge in [-0.2, -0.15) is 0 Å². The second-order valence-corrected chi connectivity index (χ2v) is 8.75. The van der Waals surface area contributed by atoms with Gasteiger partial charge in [-0.1, -0.05) is 13.3 Å². The fraction of sp³-hybridized carbons (Fsp3) is 0.591. The molecule has 144 valence electrons. The minimum Gasteiger partial charge on any atom is -0.508 e. The number of hydrogen-bond donors (Lipinski definition) is 2. The van der Waals surface area contributed by atoms with E-state index in [4.69, 9.17) is 4.74 Å². The maximum absolute atomic E-state index is 13.4. The summed E-state index contributed by atoms with van der Waals surface area (Å²) in [4.78, 5) is 19.5. The number of fused-ring (bicyclic) bond motifs is 5. The molecule has 2 N–H and O–H groups in total. The Bertz CT molecular complexity index is 904. The summed E-state index contributed by atoms with van der Waals surface area (Å²) < 4.78 is 5.44. The third-order valence-electron chi connectivity index (χ3n) is 7.45. The number of carbonyl (C=O) groups is 1. The number of esters is 1. The van der Waals surface area contributed by atoms with Crippen LogP contribution in [0.25, 0.3) is 10.9 Å². The lowest BCUT2D eigenvalue weighted by Crippen LogP contribution is -2.59. The molecule has 2 saturated heterocycles. The van der Waals surface area contributed by atoms with E-state index in [1.807, 2.05) is 12.1 Å². The van der Waals surface area contributed by atoms with E-state index in [9.17, 15) is 9.90 Å². The molecule has 1 aliphatic carbocycles. The standard InChI is InChI=1S/C22H28N2O3/c1-3-13-8-14-11-22(21(26)27-2)19(9-13)24(12-14)7-6-16-17-10-15(25)4-5-18(17)23-20(16)22/h4-5,10,13-14,19,23,25H,3,6-9,11-12H2,1-2H3. The molecule has 0 spiro atoms. The number of H-pyrrole nitrogens is 1. The number of ether oxygens (including phenoxy) is 1. The van der Waals surface area contributed by atoms with Crippen LogP contribution in [0.15, 0.2) is 18.2 Å². The van der Waals surface area contributed by atoms with Crippen molar-refractivity contribution < 1.29 is 14.6 Å². The number of piperidine rings is 1. The van der Waals surface area contributed by atoms with Crippen LogP contribution in [0.5, 0.6) is 5.75 Å².